The van der Waals surface area contributed by atoms with Gasteiger partial charge in [0.05, 0.1) is 23.0 Å². The Labute approximate surface area is 234 Å². The lowest BCUT2D eigenvalue weighted by atomic mass is 9.95. The molecule has 41 heavy (non-hydrogen) atoms. The highest BCUT2D eigenvalue weighted by Crippen LogP contribution is 2.44. The number of hydrogen-bond donors (Lipinski definition) is 2. The van der Waals surface area contributed by atoms with Crippen LogP contribution >= 0.6 is 11.6 Å². The number of pyridine rings is 1. The van der Waals surface area contributed by atoms with Crippen LogP contribution in [0.2, 0.25) is 5.02 Å². The van der Waals surface area contributed by atoms with Gasteiger partial charge >= 0.3 is 6.18 Å². The van der Waals surface area contributed by atoms with Gasteiger partial charge in [-0.1, -0.05) is 11.6 Å². The maximum absolute atomic E-state index is 14.2. The number of benzene rings is 3. The third kappa shape index (κ3) is 4.86. The highest BCUT2D eigenvalue weighted by Gasteiger charge is 2.37. The van der Waals surface area contributed by atoms with Crippen molar-refractivity contribution in [2.75, 3.05) is 16.8 Å². The normalized spacial score (nSPS) is 15.9. The second-order valence-corrected chi connectivity index (χ2v) is 9.99. The van der Waals surface area contributed by atoms with E-state index >= 15 is 0 Å². The van der Waals surface area contributed by atoms with Gasteiger partial charge in [0, 0.05) is 57.8 Å². The summed E-state index contributed by atoms with van der Waals surface area (Å²) in [6.07, 6.45) is -2.61. The summed E-state index contributed by atoms with van der Waals surface area (Å²) >= 11 is 6.34. The number of aromatic nitrogens is 1. The van der Waals surface area contributed by atoms with E-state index in [0.717, 1.165) is 23.5 Å². The predicted octanol–water partition coefficient (Wildman–Crippen LogP) is 6.81. The number of carbonyl (C=O) groups is 2. The molecule has 0 bridgehead atoms. The standard InChI is InChI=1S/C29H18ClF5N4O2/c30-21-4-3-16(31)11-19(21)26-25-20(28(41)38-26)12-18(39-7-5-22-24(39)2-1-6-36-22)13-23(25)37-27(40)14-8-15(29(33,34)35)10-17(32)9-14/h1-4,6,8-13,26H,5,7H2,(H,37,40)(H,38,41). The van der Waals surface area contributed by atoms with E-state index in [0.29, 0.717) is 36.9 Å². The van der Waals surface area contributed by atoms with Crippen LogP contribution in [0.1, 0.15) is 49.1 Å². The smallest absolute Gasteiger partial charge is 0.341 e. The van der Waals surface area contributed by atoms with Crippen molar-refractivity contribution >= 4 is 40.5 Å². The third-order valence-corrected chi connectivity index (χ3v) is 7.36. The molecule has 0 radical (unpaired) electrons. The van der Waals surface area contributed by atoms with Crippen molar-refractivity contribution in [3.8, 4) is 0 Å². The second-order valence-electron chi connectivity index (χ2n) is 9.58. The summed E-state index contributed by atoms with van der Waals surface area (Å²) in [6.45, 7) is 0.512. The molecule has 6 nitrogen and oxygen atoms in total. The van der Waals surface area contributed by atoms with Gasteiger partial charge in [0.2, 0.25) is 0 Å². The lowest BCUT2D eigenvalue weighted by Crippen LogP contribution is -2.21. The minimum atomic E-state index is -4.88. The van der Waals surface area contributed by atoms with Gasteiger partial charge in [0.15, 0.2) is 0 Å². The van der Waals surface area contributed by atoms with Gasteiger partial charge in [-0.25, -0.2) is 8.78 Å². The van der Waals surface area contributed by atoms with E-state index in [2.05, 4.69) is 15.6 Å². The van der Waals surface area contributed by atoms with Crippen LogP contribution < -0.4 is 15.5 Å². The van der Waals surface area contributed by atoms with E-state index in [-0.39, 0.29) is 27.4 Å². The van der Waals surface area contributed by atoms with Crippen LogP contribution in [0.4, 0.5) is 39.0 Å². The highest BCUT2D eigenvalue weighted by atomic mass is 35.5. The average molecular weight is 585 g/mol. The number of rotatable bonds is 4. The average Bonchev–Trinajstić information content (AvgIpc) is 3.50. The zero-order chi connectivity index (χ0) is 29.1. The second kappa shape index (κ2) is 9.84. The number of amides is 2. The molecule has 12 heteroatoms. The first-order valence-corrected chi connectivity index (χ1v) is 12.7. The van der Waals surface area contributed by atoms with Crippen LogP contribution in [-0.2, 0) is 12.6 Å². The van der Waals surface area contributed by atoms with Gasteiger partial charge in [0.25, 0.3) is 11.8 Å². The fraction of sp³-hybridized carbons (Fsp3) is 0.138. The molecule has 208 valence electrons. The van der Waals surface area contributed by atoms with Gasteiger partial charge in [-0.05, 0) is 60.7 Å². The Kier molecular flexibility index (Phi) is 6.41. The number of fused-ring (bicyclic) bond motifs is 2. The summed E-state index contributed by atoms with van der Waals surface area (Å²) in [4.78, 5) is 32.7. The Morgan fingerprint density at radius 1 is 1.05 bits per heavy atom. The Balaban J connectivity index is 1.49. The fourth-order valence-corrected chi connectivity index (χ4v) is 5.43. The van der Waals surface area contributed by atoms with Crippen LogP contribution in [0, 0.1) is 11.6 Å². The lowest BCUT2D eigenvalue weighted by Gasteiger charge is -2.23. The van der Waals surface area contributed by atoms with Crippen LogP contribution in [0.5, 0.6) is 0 Å². The van der Waals surface area contributed by atoms with Gasteiger partial charge in [-0.15, -0.1) is 0 Å². The Morgan fingerprint density at radius 2 is 1.85 bits per heavy atom. The minimum absolute atomic E-state index is 0.0568. The van der Waals surface area contributed by atoms with Crippen molar-refractivity contribution in [1.82, 2.24) is 10.3 Å². The molecule has 1 unspecified atom stereocenters. The first kappa shape index (κ1) is 26.7. The summed E-state index contributed by atoms with van der Waals surface area (Å²) < 4.78 is 68.3. The van der Waals surface area contributed by atoms with Crippen molar-refractivity contribution in [2.24, 2.45) is 0 Å². The van der Waals surface area contributed by atoms with Gasteiger partial charge in [0.1, 0.15) is 11.6 Å². The van der Waals surface area contributed by atoms with Gasteiger partial charge in [-0.2, -0.15) is 13.2 Å². The maximum Gasteiger partial charge on any atom is 0.416 e. The molecule has 0 spiro atoms. The fourth-order valence-electron chi connectivity index (χ4n) is 5.20. The van der Waals surface area contributed by atoms with Crippen LogP contribution in [0.25, 0.3) is 0 Å². The summed E-state index contributed by atoms with van der Waals surface area (Å²) in [5.41, 5.74) is 0.855. The summed E-state index contributed by atoms with van der Waals surface area (Å²) in [5.74, 6) is -3.43. The van der Waals surface area contributed by atoms with E-state index in [1.165, 1.54) is 6.07 Å². The summed E-state index contributed by atoms with van der Waals surface area (Å²) in [5, 5.41) is 5.46. The number of halogens is 6. The van der Waals surface area contributed by atoms with Crippen molar-refractivity contribution in [1.29, 1.82) is 0 Å². The molecule has 2 N–H and O–H groups in total. The van der Waals surface area contributed by atoms with Gasteiger partial charge in [-0.3, -0.25) is 14.6 Å². The predicted molar refractivity (Wildman–Crippen MR) is 141 cm³/mol. The Hall–Kier alpha value is -4.51. The maximum atomic E-state index is 14.2. The van der Waals surface area contributed by atoms with Gasteiger partial charge < -0.3 is 15.5 Å². The quantitative estimate of drug-likeness (QED) is 0.258. The molecule has 6 rings (SSSR count). The summed E-state index contributed by atoms with van der Waals surface area (Å²) in [7, 11) is 0. The first-order valence-electron chi connectivity index (χ1n) is 12.3. The zero-order valence-electron chi connectivity index (χ0n) is 20.8. The number of nitrogens with zero attached hydrogens (tertiary/aromatic N) is 2. The Bertz CT molecular complexity index is 1740. The number of alkyl halides is 3. The summed E-state index contributed by atoms with van der Waals surface area (Å²) in [6, 6.07) is 10.9. The third-order valence-electron chi connectivity index (χ3n) is 7.02. The lowest BCUT2D eigenvalue weighted by molar-refractivity contribution is -0.137. The minimum Gasteiger partial charge on any atom is -0.341 e. The molecule has 0 saturated carbocycles. The molecule has 0 fully saturated rings. The number of anilines is 3. The number of hydrogen-bond acceptors (Lipinski definition) is 4. The largest absolute Gasteiger partial charge is 0.416 e. The molecular weight excluding hydrogens is 567 g/mol. The van der Waals surface area contributed by atoms with Crippen molar-refractivity contribution in [3.05, 3.63) is 117 Å². The van der Waals surface area contributed by atoms with E-state index in [9.17, 15) is 31.5 Å². The van der Waals surface area contributed by atoms with E-state index in [4.69, 9.17) is 11.6 Å². The van der Waals surface area contributed by atoms with Crippen molar-refractivity contribution in [3.63, 3.8) is 0 Å². The molecule has 4 aromatic rings. The van der Waals surface area contributed by atoms with Crippen molar-refractivity contribution in [2.45, 2.75) is 18.6 Å². The number of carbonyl (C=O) groups excluding carboxylic acids is 2. The molecule has 1 aromatic heterocycles. The van der Waals surface area contributed by atoms with Crippen LogP contribution in [-0.4, -0.2) is 23.3 Å². The monoisotopic (exact) mass is 584 g/mol. The van der Waals surface area contributed by atoms with Crippen molar-refractivity contribution < 1.29 is 31.5 Å². The SMILES string of the molecule is O=C(Nc1cc(N2CCc3ncccc32)cc2c1C(c1cc(F)ccc1Cl)NC2=O)c1cc(F)cc(C(F)(F)F)c1. The zero-order valence-corrected chi connectivity index (χ0v) is 21.6. The van der Waals surface area contributed by atoms with E-state index in [1.807, 2.05) is 11.0 Å². The molecule has 3 aromatic carbocycles. The van der Waals surface area contributed by atoms with E-state index in [1.54, 1.807) is 24.4 Å². The topological polar surface area (TPSA) is 74.3 Å². The molecule has 2 aliphatic rings. The number of nitrogens with one attached hydrogen (secondary N) is 2. The van der Waals surface area contributed by atoms with Crippen LogP contribution in [0.3, 0.4) is 0 Å². The molecule has 0 saturated heterocycles. The van der Waals surface area contributed by atoms with Crippen LogP contribution in [0.15, 0.2) is 66.9 Å². The Morgan fingerprint density at radius 3 is 2.63 bits per heavy atom. The first-order chi connectivity index (χ1) is 19.5. The molecule has 2 amide bonds. The highest BCUT2D eigenvalue weighted by molar-refractivity contribution is 6.31. The van der Waals surface area contributed by atoms with E-state index < -0.39 is 46.8 Å². The molecule has 3 heterocycles. The molecule has 0 aliphatic carbocycles. The molecular formula is C29H18ClF5N4O2. The molecule has 2 aliphatic heterocycles. The molecule has 1 atom stereocenters.